The molecule has 4 heteroatoms. The third-order valence-corrected chi connectivity index (χ3v) is 4.23. The summed E-state index contributed by atoms with van der Waals surface area (Å²) in [4.78, 5) is 2.23. The highest BCUT2D eigenvalue weighted by molar-refractivity contribution is 7.98. The fourth-order valence-corrected chi connectivity index (χ4v) is 3.13. The second-order valence-electron chi connectivity index (χ2n) is 4.52. The van der Waals surface area contributed by atoms with Crippen molar-refractivity contribution in [2.24, 2.45) is 0 Å². The molecular weight excluding hydrogens is 266 g/mol. The molecule has 1 aromatic rings. The van der Waals surface area contributed by atoms with Gasteiger partial charge in [-0.05, 0) is 37.3 Å². The molecule has 1 rings (SSSR count). The Balaban J connectivity index is 2.95. The first kappa shape index (κ1) is 15.7. The maximum atomic E-state index is 9.54. The highest BCUT2D eigenvalue weighted by Crippen LogP contribution is 2.30. The lowest BCUT2D eigenvalue weighted by molar-refractivity contribution is 0.199. The monoisotopic (exact) mass is 287 g/mol. The quantitative estimate of drug-likeness (QED) is 0.856. The van der Waals surface area contributed by atoms with E-state index < -0.39 is 6.10 Å². The van der Waals surface area contributed by atoms with Crippen molar-refractivity contribution in [3.8, 4) is 0 Å². The van der Waals surface area contributed by atoms with Gasteiger partial charge in [-0.3, -0.25) is 0 Å². The number of benzene rings is 1. The van der Waals surface area contributed by atoms with Crippen LogP contribution in [-0.4, -0.2) is 30.2 Å². The number of aliphatic hydroxyl groups excluding tert-OH is 1. The maximum Gasteiger partial charge on any atom is 0.0762 e. The van der Waals surface area contributed by atoms with Crippen LogP contribution in [0, 0.1) is 0 Å². The third kappa shape index (κ3) is 3.81. The van der Waals surface area contributed by atoms with Crippen molar-refractivity contribution in [2.45, 2.75) is 32.4 Å². The number of thioether (sulfide) groups is 1. The van der Waals surface area contributed by atoms with Gasteiger partial charge >= 0.3 is 0 Å². The maximum absolute atomic E-state index is 9.54. The average Bonchev–Trinajstić information content (AvgIpc) is 2.34. The molecule has 2 nitrogen and oxygen atoms in total. The summed E-state index contributed by atoms with van der Waals surface area (Å²) in [5.41, 5.74) is 1.89. The van der Waals surface area contributed by atoms with E-state index in [1.165, 1.54) is 0 Å². The van der Waals surface area contributed by atoms with Gasteiger partial charge in [0.05, 0.1) is 16.8 Å². The van der Waals surface area contributed by atoms with E-state index in [1.54, 1.807) is 6.92 Å². The van der Waals surface area contributed by atoms with Crippen molar-refractivity contribution >= 4 is 29.1 Å². The predicted octanol–water partition coefficient (Wildman–Crippen LogP) is 3.97. The van der Waals surface area contributed by atoms with Gasteiger partial charge in [-0.1, -0.05) is 24.6 Å². The van der Waals surface area contributed by atoms with Gasteiger partial charge in [0, 0.05) is 18.8 Å². The molecule has 0 amide bonds. The van der Waals surface area contributed by atoms with Crippen molar-refractivity contribution in [3.05, 3.63) is 28.8 Å². The Labute approximate surface area is 119 Å². The number of hydrogen-bond donors (Lipinski definition) is 1. The van der Waals surface area contributed by atoms with Crippen LogP contribution in [0.5, 0.6) is 0 Å². The van der Waals surface area contributed by atoms with Crippen LogP contribution in [0.4, 0.5) is 5.69 Å². The zero-order valence-electron chi connectivity index (χ0n) is 11.5. The third-order valence-electron chi connectivity index (χ3n) is 3.21. The minimum Gasteiger partial charge on any atom is -0.389 e. The van der Waals surface area contributed by atoms with Crippen LogP contribution in [-0.2, 0) is 0 Å². The van der Waals surface area contributed by atoms with Crippen LogP contribution in [0.3, 0.4) is 0 Å². The van der Waals surface area contributed by atoms with E-state index in [0.717, 1.165) is 23.4 Å². The van der Waals surface area contributed by atoms with Gasteiger partial charge in [-0.15, -0.1) is 0 Å². The average molecular weight is 288 g/mol. The molecule has 0 aliphatic carbocycles. The fraction of sp³-hybridized carbons (Fsp3) is 0.571. The van der Waals surface area contributed by atoms with Crippen molar-refractivity contribution in [2.75, 3.05) is 24.0 Å². The van der Waals surface area contributed by atoms with E-state index in [9.17, 15) is 5.11 Å². The minimum atomic E-state index is -0.477. The zero-order valence-corrected chi connectivity index (χ0v) is 13.1. The van der Waals surface area contributed by atoms with Crippen molar-refractivity contribution in [3.63, 3.8) is 0 Å². The summed E-state index contributed by atoms with van der Waals surface area (Å²) >= 11 is 8.16. The summed E-state index contributed by atoms with van der Waals surface area (Å²) < 4.78 is 0. The molecule has 18 heavy (non-hydrogen) atoms. The Hall–Kier alpha value is -0.380. The molecule has 102 valence electrons. The molecule has 0 heterocycles. The number of nitrogens with zero attached hydrogens (tertiary/aromatic N) is 1. The summed E-state index contributed by atoms with van der Waals surface area (Å²) in [6.07, 6.45) is 2.73. The van der Waals surface area contributed by atoms with Crippen LogP contribution < -0.4 is 4.90 Å². The van der Waals surface area contributed by atoms with E-state index in [1.807, 2.05) is 30.0 Å². The number of aliphatic hydroxyl groups is 1. The Morgan fingerprint density at radius 2 is 2.11 bits per heavy atom. The molecule has 0 aromatic heterocycles. The summed E-state index contributed by atoms with van der Waals surface area (Å²) in [6, 6.07) is 6.26. The first-order chi connectivity index (χ1) is 8.51. The molecule has 0 aliphatic rings. The Morgan fingerprint density at radius 3 is 2.56 bits per heavy atom. The van der Waals surface area contributed by atoms with Crippen LogP contribution in [0.15, 0.2) is 18.2 Å². The molecular formula is C14H22ClNOS. The molecule has 2 unspecified atom stereocenters. The van der Waals surface area contributed by atoms with Crippen molar-refractivity contribution < 1.29 is 5.11 Å². The Bertz CT molecular complexity index is 384. The summed E-state index contributed by atoms with van der Waals surface area (Å²) in [7, 11) is 2.08. The van der Waals surface area contributed by atoms with Crippen molar-refractivity contribution in [1.29, 1.82) is 0 Å². The number of halogens is 1. The first-order valence-corrected chi connectivity index (χ1v) is 7.97. The van der Waals surface area contributed by atoms with Crippen LogP contribution in [0.1, 0.15) is 31.9 Å². The Kier molecular flexibility index (Phi) is 6.33. The molecule has 0 fully saturated rings. The zero-order chi connectivity index (χ0) is 13.7. The number of rotatable bonds is 6. The van der Waals surface area contributed by atoms with Crippen molar-refractivity contribution in [1.82, 2.24) is 0 Å². The number of hydrogen-bond acceptors (Lipinski definition) is 3. The lowest BCUT2D eigenvalue weighted by Gasteiger charge is -2.30. The van der Waals surface area contributed by atoms with Crippen LogP contribution in [0.2, 0.25) is 5.02 Å². The van der Waals surface area contributed by atoms with Gasteiger partial charge in [0.2, 0.25) is 0 Å². The SMILES string of the molecule is CCC(CSC)N(C)c1ccc(C(C)O)cc1Cl. The predicted molar refractivity (Wildman–Crippen MR) is 82.9 cm³/mol. The van der Waals surface area contributed by atoms with E-state index in [4.69, 9.17) is 11.6 Å². The largest absolute Gasteiger partial charge is 0.389 e. The van der Waals surface area contributed by atoms with Gasteiger partial charge in [-0.25, -0.2) is 0 Å². The smallest absolute Gasteiger partial charge is 0.0762 e. The minimum absolute atomic E-state index is 0.477. The molecule has 0 saturated heterocycles. The highest BCUT2D eigenvalue weighted by Gasteiger charge is 2.16. The van der Waals surface area contributed by atoms with Gasteiger partial charge in [-0.2, -0.15) is 11.8 Å². The van der Waals surface area contributed by atoms with Gasteiger partial charge in [0.1, 0.15) is 0 Å². The molecule has 0 radical (unpaired) electrons. The molecule has 1 N–H and O–H groups in total. The summed E-state index contributed by atoms with van der Waals surface area (Å²) in [5.74, 6) is 1.08. The molecule has 0 bridgehead atoms. The lowest BCUT2D eigenvalue weighted by atomic mass is 10.1. The van der Waals surface area contributed by atoms with E-state index in [0.29, 0.717) is 11.1 Å². The van der Waals surface area contributed by atoms with Gasteiger partial charge < -0.3 is 10.0 Å². The van der Waals surface area contributed by atoms with Gasteiger partial charge in [0.25, 0.3) is 0 Å². The molecule has 0 spiro atoms. The standard InChI is InChI=1S/C14H22ClNOS/c1-5-12(9-18-4)16(3)14-7-6-11(10(2)17)8-13(14)15/h6-8,10,12,17H,5,9H2,1-4H3. The number of anilines is 1. The van der Waals surface area contributed by atoms with Crippen LogP contribution >= 0.6 is 23.4 Å². The second-order valence-corrected chi connectivity index (χ2v) is 5.83. The molecule has 0 saturated carbocycles. The summed E-state index contributed by atoms with van der Waals surface area (Å²) in [6.45, 7) is 3.94. The molecule has 1 aromatic carbocycles. The van der Waals surface area contributed by atoms with Crippen LogP contribution in [0.25, 0.3) is 0 Å². The topological polar surface area (TPSA) is 23.5 Å². The molecule has 2 atom stereocenters. The highest BCUT2D eigenvalue weighted by atomic mass is 35.5. The van der Waals surface area contributed by atoms with E-state index in [2.05, 4.69) is 25.1 Å². The van der Waals surface area contributed by atoms with E-state index in [-0.39, 0.29) is 0 Å². The molecule has 0 aliphatic heterocycles. The lowest BCUT2D eigenvalue weighted by Crippen LogP contribution is -2.33. The second kappa shape index (κ2) is 7.27. The van der Waals surface area contributed by atoms with E-state index >= 15 is 0 Å². The summed E-state index contributed by atoms with van der Waals surface area (Å²) in [5, 5.41) is 10.2. The van der Waals surface area contributed by atoms with Gasteiger partial charge in [0.15, 0.2) is 0 Å². The normalized spacial score (nSPS) is 14.3. The first-order valence-electron chi connectivity index (χ1n) is 6.20. The fourth-order valence-electron chi connectivity index (χ4n) is 1.96. The Morgan fingerprint density at radius 1 is 1.44 bits per heavy atom.